The molecule has 0 spiro atoms. The van der Waals surface area contributed by atoms with Crippen molar-refractivity contribution in [1.82, 2.24) is 5.32 Å². The molecule has 2 saturated carbocycles. The molecular weight excluding hydrogens is 212 g/mol. The van der Waals surface area contributed by atoms with E-state index in [1.807, 2.05) is 0 Å². The SMILES string of the molecule is N#CC1CCCC1NC(=O)CC1CCCCC1. The van der Waals surface area contributed by atoms with E-state index < -0.39 is 0 Å². The molecule has 1 amide bonds. The third kappa shape index (κ3) is 3.46. The van der Waals surface area contributed by atoms with Gasteiger partial charge >= 0.3 is 0 Å². The van der Waals surface area contributed by atoms with Crippen molar-refractivity contribution >= 4 is 5.91 Å². The summed E-state index contributed by atoms with van der Waals surface area (Å²) in [5.74, 6) is 0.806. The van der Waals surface area contributed by atoms with Gasteiger partial charge in [-0.3, -0.25) is 4.79 Å². The van der Waals surface area contributed by atoms with Gasteiger partial charge in [-0.15, -0.1) is 0 Å². The van der Waals surface area contributed by atoms with Gasteiger partial charge in [-0.05, 0) is 38.0 Å². The molecular formula is C14H22N2O. The predicted molar refractivity (Wildman–Crippen MR) is 66.1 cm³/mol. The van der Waals surface area contributed by atoms with Crippen molar-refractivity contribution in [2.75, 3.05) is 0 Å². The number of nitrogens with zero attached hydrogens (tertiary/aromatic N) is 1. The Bertz CT molecular complexity index is 302. The van der Waals surface area contributed by atoms with E-state index in [4.69, 9.17) is 5.26 Å². The Morgan fingerprint density at radius 2 is 1.88 bits per heavy atom. The summed E-state index contributed by atoms with van der Waals surface area (Å²) in [6.45, 7) is 0. The lowest BCUT2D eigenvalue weighted by atomic mass is 9.86. The molecule has 0 heterocycles. The Balaban J connectivity index is 1.75. The van der Waals surface area contributed by atoms with Crippen LogP contribution in [0.15, 0.2) is 0 Å². The lowest BCUT2D eigenvalue weighted by molar-refractivity contribution is -0.123. The first kappa shape index (κ1) is 12.4. The van der Waals surface area contributed by atoms with E-state index >= 15 is 0 Å². The maximum absolute atomic E-state index is 11.9. The van der Waals surface area contributed by atoms with Crippen molar-refractivity contribution in [3.05, 3.63) is 0 Å². The molecule has 17 heavy (non-hydrogen) atoms. The van der Waals surface area contributed by atoms with Gasteiger partial charge in [0.1, 0.15) is 0 Å². The Morgan fingerprint density at radius 3 is 2.59 bits per heavy atom. The Kier molecular flexibility index (Phi) is 4.42. The Morgan fingerprint density at radius 1 is 1.12 bits per heavy atom. The fourth-order valence-electron chi connectivity index (χ4n) is 3.21. The van der Waals surface area contributed by atoms with E-state index in [2.05, 4.69) is 11.4 Å². The summed E-state index contributed by atoms with van der Waals surface area (Å²) in [7, 11) is 0. The van der Waals surface area contributed by atoms with Crippen LogP contribution in [0.4, 0.5) is 0 Å². The molecule has 0 saturated heterocycles. The topological polar surface area (TPSA) is 52.9 Å². The number of rotatable bonds is 3. The molecule has 0 aromatic heterocycles. The maximum Gasteiger partial charge on any atom is 0.220 e. The second kappa shape index (κ2) is 6.05. The third-order valence-corrected chi connectivity index (χ3v) is 4.23. The second-order valence-electron chi connectivity index (χ2n) is 5.55. The van der Waals surface area contributed by atoms with Crippen LogP contribution in [0.3, 0.4) is 0 Å². The number of carbonyl (C=O) groups excluding carboxylic acids is 1. The highest BCUT2D eigenvalue weighted by Crippen LogP contribution is 2.28. The average molecular weight is 234 g/mol. The number of carbonyl (C=O) groups is 1. The van der Waals surface area contributed by atoms with Crippen LogP contribution in [-0.2, 0) is 4.79 Å². The van der Waals surface area contributed by atoms with Gasteiger partial charge in [0.25, 0.3) is 0 Å². The number of nitriles is 1. The van der Waals surface area contributed by atoms with Crippen molar-refractivity contribution in [2.24, 2.45) is 11.8 Å². The van der Waals surface area contributed by atoms with E-state index in [1.165, 1.54) is 32.1 Å². The quantitative estimate of drug-likeness (QED) is 0.816. The minimum atomic E-state index is 0.0466. The smallest absolute Gasteiger partial charge is 0.220 e. The molecule has 0 bridgehead atoms. The fraction of sp³-hybridized carbons (Fsp3) is 0.857. The van der Waals surface area contributed by atoms with Crippen LogP contribution in [0.5, 0.6) is 0 Å². The molecule has 2 rings (SSSR count). The van der Waals surface area contributed by atoms with Crippen molar-refractivity contribution < 1.29 is 4.79 Å². The minimum Gasteiger partial charge on any atom is -0.352 e. The van der Waals surface area contributed by atoms with Crippen molar-refractivity contribution in [1.29, 1.82) is 5.26 Å². The fourth-order valence-corrected chi connectivity index (χ4v) is 3.21. The van der Waals surface area contributed by atoms with E-state index in [1.54, 1.807) is 0 Å². The zero-order valence-electron chi connectivity index (χ0n) is 10.5. The first-order valence-electron chi connectivity index (χ1n) is 6.98. The first-order valence-corrected chi connectivity index (χ1v) is 6.98. The van der Waals surface area contributed by atoms with Gasteiger partial charge < -0.3 is 5.32 Å². The van der Waals surface area contributed by atoms with Crippen LogP contribution in [0.2, 0.25) is 0 Å². The first-order chi connectivity index (χ1) is 8.29. The molecule has 0 aromatic rings. The predicted octanol–water partition coefficient (Wildman–Crippen LogP) is 2.77. The summed E-state index contributed by atoms with van der Waals surface area (Å²) < 4.78 is 0. The normalized spacial score (nSPS) is 29.8. The minimum absolute atomic E-state index is 0.0466. The highest BCUT2D eigenvalue weighted by atomic mass is 16.1. The Hall–Kier alpha value is -1.04. The van der Waals surface area contributed by atoms with Gasteiger partial charge in [-0.1, -0.05) is 19.3 Å². The number of hydrogen-bond acceptors (Lipinski definition) is 2. The van der Waals surface area contributed by atoms with Crippen molar-refractivity contribution in [2.45, 2.75) is 63.8 Å². The van der Waals surface area contributed by atoms with E-state index in [0.29, 0.717) is 12.3 Å². The maximum atomic E-state index is 11.9. The number of amides is 1. The van der Waals surface area contributed by atoms with Gasteiger partial charge in [0, 0.05) is 12.5 Å². The second-order valence-corrected chi connectivity index (χ2v) is 5.55. The number of nitrogens with one attached hydrogen (secondary N) is 1. The summed E-state index contributed by atoms with van der Waals surface area (Å²) in [6, 6.07) is 2.43. The molecule has 3 nitrogen and oxygen atoms in total. The lowest BCUT2D eigenvalue weighted by Gasteiger charge is -2.22. The zero-order chi connectivity index (χ0) is 12.1. The van der Waals surface area contributed by atoms with Gasteiger partial charge in [0.05, 0.1) is 12.0 Å². The Labute approximate surface area is 104 Å². The van der Waals surface area contributed by atoms with Crippen LogP contribution in [0, 0.1) is 23.2 Å². The molecule has 3 heteroatoms. The summed E-state index contributed by atoms with van der Waals surface area (Å²) in [4.78, 5) is 11.9. The van der Waals surface area contributed by atoms with Crippen LogP contribution in [-0.4, -0.2) is 11.9 Å². The molecule has 0 aromatic carbocycles. The number of hydrogen-bond donors (Lipinski definition) is 1. The van der Waals surface area contributed by atoms with Crippen molar-refractivity contribution in [3.8, 4) is 6.07 Å². The highest BCUT2D eigenvalue weighted by Gasteiger charge is 2.29. The molecule has 2 fully saturated rings. The van der Waals surface area contributed by atoms with Crippen LogP contribution in [0.1, 0.15) is 57.8 Å². The van der Waals surface area contributed by atoms with E-state index in [0.717, 1.165) is 19.3 Å². The summed E-state index contributed by atoms with van der Waals surface area (Å²) >= 11 is 0. The monoisotopic (exact) mass is 234 g/mol. The molecule has 1 N–H and O–H groups in total. The molecule has 0 radical (unpaired) electrons. The lowest BCUT2D eigenvalue weighted by Crippen LogP contribution is -2.37. The van der Waals surface area contributed by atoms with E-state index in [9.17, 15) is 4.79 Å². The van der Waals surface area contributed by atoms with Gasteiger partial charge in [-0.25, -0.2) is 0 Å². The van der Waals surface area contributed by atoms with Crippen LogP contribution < -0.4 is 5.32 Å². The van der Waals surface area contributed by atoms with Crippen LogP contribution >= 0.6 is 0 Å². The van der Waals surface area contributed by atoms with Crippen LogP contribution in [0.25, 0.3) is 0 Å². The molecule has 94 valence electrons. The molecule has 2 aliphatic rings. The van der Waals surface area contributed by atoms with Gasteiger partial charge in [0.15, 0.2) is 0 Å². The molecule has 2 atom stereocenters. The average Bonchev–Trinajstić information content (AvgIpc) is 2.77. The third-order valence-electron chi connectivity index (χ3n) is 4.23. The largest absolute Gasteiger partial charge is 0.352 e. The standard InChI is InChI=1S/C14H22N2O/c15-10-12-7-4-8-13(12)16-14(17)9-11-5-2-1-3-6-11/h11-13H,1-9H2,(H,16,17). The molecule has 0 aliphatic heterocycles. The van der Waals surface area contributed by atoms with Gasteiger partial charge in [0.2, 0.25) is 5.91 Å². The van der Waals surface area contributed by atoms with E-state index in [-0.39, 0.29) is 17.9 Å². The summed E-state index contributed by atoms with van der Waals surface area (Å²) in [5, 5.41) is 12.0. The van der Waals surface area contributed by atoms with Crippen molar-refractivity contribution in [3.63, 3.8) is 0 Å². The van der Waals surface area contributed by atoms with Gasteiger partial charge in [-0.2, -0.15) is 5.26 Å². The zero-order valence-corrected chi connectivity index (χ0v) is 10.5. The summed E-state index contributed by atoms with van der Waals surface area (Å²) in [5.41, 5.74) is 0. The summed E-state index contributed by atoms with van der Waals surface area (Å²) in [6.07, 6.45) is 9.99. The highest BCUT2D eigenvalue weighted by molar-refractivity contribution is 5.76. The molecule has 2 aliphatic carbocycles. The molecule has 2 unspecified atom stereocenters.